The number of rotatable bonds is 6. The number of nitrogens with zero attached hydrogens (tertiary/aromatic N) is 1. The van der Waals surface area contributed by atoms with Gasteiger partial charge in [-0.15, -0.1) is 23.1 Å². The molecule has 0 aliphatic carbocycles. The lowest BCUT2D eigenvalue weighted by atomic mass is 10.2. The second-order valence-electron chi connectivity index (χ2n) is 7.21. The Morgan fingerprint density at radius 1 is 1.14 bits per heavy atom. The Kier molecular flexibility index (Phi) is 6.03. The van der Waals surface area contributed by atoms with E-state index in [-0.39, 0.29) is 5.91 Å². The van der Waals surface area contributed by atoms with Crippen molar-refractivity contribution in [2.75, 3.05) is 23.3 Å². The van der Waals surface area contributed by atoms with Gasteiger partial charge in [-0.05, 0) is 60.2 Å². The van der Waals surface area contributed by atoms with Crippen LogP contribution in [-0.4, -0.2) is 19.0 Å². The lowest BCUT2D eigenvalue weighted by molar-refractivity contribution is 0.102. The fraction of sp³-hybridized carbons (Fsp3) is 0.261. The van der Waals surface area contributed by atoms with E-state index >= 15 is 0 Å². The van der Waals surface area contributed by atoms with Gasteiger partial charge in [-0.1, -0.05) is 25.1 Å². The molecule has 2 aromatic carbocycles. The zero-order valence-electron chi connectivity index (χ0n) is 15.9. The van der Waals surface area contributed by atoms with E-state index in [1.165, 1.54) is 17.0 Å². The van der Waals surface area contributed by atoms with E-state index in [0.717, 1.165) is 40.9 Å². The van der Waals surface area contributed by atoms with Crippen molar-refractivity contribution in [2.45, 2.75) is 24.0 Å². The van der Waals surface area contributed by atoms with Gasteiger partial charge < -0.3 is 10.2 Å². The minimum atomic E-state index is -0.0585. The van der Waals surface area contributed by atoms with Crippen molar-refractivity contribution in [2.24, 2.45) is 5.92 Å². The number of carbonyl (C=O) groups is 1. The molecule has 144 valence electrons. The summed E-state index contributed by atoms with van der Waals surface area (Å²) in [4.78, 5) is 17.6. The fourth-order valence-corrected chi connectivity index (χ4v) is 5.27. The number of anilines is 2. The van der Waals surface area contributed by atoms with Gasteiger partial charge in [0.05, 0.1) is 5.56 Å². The molecule has 0 radical (unpaired) electrons. The van der Waals surface area contributed by atoms with Crippen LogP contribution in [0.4, 0.5) is 11.4 Å². The van der Waals surface area contributed by atoms with Gasteiger partial charge >= 0.3 is 0 Å². The van der Waals surface area contributed by atoms with Gasteiger partial charge in [0.1, 0.15) is 0 Å². The minimum Gasteiger partial charge on any atom is -0.371 e. The standard InChI is InChI=1S/C23H24N2OS2/c1-17-12-13-25(15-17)19-10-8-18(9-11-19)24-23(26)21-6-2-3-7-22(21)28-16-20-5-4-14-27-20/h2-11,14,17H,12-13,15-16H2,1H3,(H,24,26). The van der Waals surface area contributed by atoms with E-state index in [2.05, 4.69) is 46.8 Å². The molecule has 28 heavy (non-hydrogen) atoms. The quantitative estimate of drug-likeness (QED) is 0.497. The molecule has 1 aliphatic heterocycles. The van der Waals surface area contributed by atoms with Crippen LogP contribution in [0.2, 0.25) is 0 Å². The van der Waals surface area contributed by atoms with E-state index in [0.29, 0.717) is 0 Å². The number of hydrogen-bond acceptors (Lipinski definition) is 4. The predicted octanol–water partition coefficient (Wildman–Crippen LogP) is 6.14. The van der Waals surface area contributed by atoms with Crippen LogP contribution in [0.25, 0.3) is 0 Å². The van der Waals surface area contributed by atoms with Crippen molar-refractivity contribution in [3.8, 4) is 0 Å². The number of benzene rings is 2. The maximum atomic E-state index is 12.8. The Bertz CT molecular complexity index is 922. The molecule has 1 atom stereocenters. The topological polar surface area (TPSA) is 32.3 Å². The Hall–Kier alpha value is -2.24. The third kappa shape index (κ3) is 4.59. The first-order valence-electron chi connectivity index (χ1n) is 9.59. The normalized spacial score (nSPS) is 16.3. The summed E-state index contributed by atoms with van der Waals surface area (Å²) in [6.45, 7) is 4.52. The summed E-state index contributed by atoms with van der Waals surface area (Å²) in [6, 6.07) is 20.2. The van der Waals surface area contributed by atoms with Crippen LogP contribution in [0.15, 0.2) is 70.9 Å². The summed E-state index contributed by atoms with van der Waals surface area (Å²) in [5, 5.41) is 5.13. The number of carbonyl (C=O) groups excluding carboxylic acids is 1. The monoisotopic (exact) mass is 408 g/mol. The second-order valence-corrected chi connectivity index (χ2v) is 9.25. The zero-order valence-corrected chi connectivity index (χ0v) is 17.6. The molecule has 3 nitrogen and oxygen atoms in total. The summed E-state index contributed by atoms with van der Waals surface area (Å²) in [7, 11) is 0. The molecule has 1 N–H and O–H groups in total. The highest BCUT2D eigenvalue weighted by atomic mass is 32.2. The first-order valence-corrected chi connectivity index (χ1v) is 11.5. The molecule has 1 fully saturated rings. The van der Waals surface area contributed by atoms with Crippen LogP contribution >= 0.6 is 23.1 Å². The molecular formula is C23H24N2OS2. The molecule has 1 aliphatic rings. The third-order valence-electron chi connectivity index (χ3n) is 5.00. The van der Waals surface area contributed by atoms with Crippen LogP contribution in [0.1, 0.15) is 28.6 Å². The minimum absolute atomic E-state index is 0.0585. The molecule has 5 heteroatoms. The molecule has 2 heterocycles. The number of hydrogen-bond donors (Lipinski definition) is 1. The van der Waals surface area contributed by atoms with Gasteiger partial charge in [0, 0.05) is 40.0 Å². The van der Waals surface area contributed by atoms with E-state index in [4.69, 9.17) is 0 Å². The maximum absolute atomic E-state index is 12.8. The van der Waals surface area contributed by atoms with Gasteiger partial charge in [0.25, 0.3) is 5.91 Å². The van der Waals surface area contributed by atoms with Crippen LogP contribution in [0.5, 0.6) is 0 Å². The summed E-state index contributed by atoms with van der Waals surface area (Å²) in [5.41, 5.74) is 2.79. The molecule has 0 spiro atoms. The number of amides is 1. The van der Waals surface area contributed by atoms with Gasteiger partial charge in [-0.25, -0.2) is 0 Å². The number of thiophene rings is 1. The Labute approximate surface area is 174 Å². The van der Waals surface area contributed by atoms with Crippen molar-refractivity contribution in [1.82, 2.24) is 0 Å². The molecule has 3 aromatic rings. The summed E-state index contributed by atoms with van der Waals surface area (Å²) in [6.07, 6.45) is 1.25. The summed E-state index contributed by atoms with van der Waals surface area (Å²) < 4.78 is 0. The Morgan fingerprint density at radius 3 is 2.68 bits per heavy atom. The predicted molar refractivity (Wildman–Crippen MR) is 121 cm³/mol. The molecule has 0 saturated carbocycles. The SMILES string of the molecule is CC1CCN(c2ccc(NC(=O)c3ccccc3SCc3cccs3)cc2)C1. The Balaban J connectivity index is 1.42. The average molecular weight is 409 g/mol. The number of nitrogens with one attached hydrogen (secondary N) is 1. The van der Waals surface area contributed by atoms with Crippen molar-refractivity contribution in [1.29, 1.82) is 0 Å². The van der Waals surface area contributed by atoms with Crippen molar-refractivity contribution < 1.29 is 4.79 Å². The fourth-order valence-electron chi connectivity index (χ4n) is 3.45. The van der Waals surface area contributed by atoms with Crippen LogP contribution in [-0.2, 0) is 5.75 Å². The smallest absolute Gasteiger partial charge is 0.256 e. The van der Waals surface area contributed by atoms with Crippen LogP contribution in [0.3, 0.4) is 0 Å². The third-order valence-corrected chi connectivity index (χ3v) is 7.18. The van der Waals surface area contributed by atoms with E-state index in [1.54, 1.807) is 23.1 Å². The highest BCUT2D eigenvalue weighted by molar-refractivity contribution is 7.98. The second kappa shape index (κ2) is 8.84. The average Bonchev–Trinajstić information content (AvgIpc) is 3.39. The van der Waals surface area contributed by atoms with Gasteiger partial charge in [-0.3, -0.25) is 4.79 Å². The first kappa shape index (κ1) is 19.1. The van der Waals surface area contributed by atoms with E-state index in [9.17, 15) is 4.79 Å². The molecule has 0 bridgehead atoms. The van der Waals surface area contributed by atoms with E-state index in [1.807, 2.05) is 36.4 Å². The molecule has 1 unspecified atom stereocenters. The lowest BCUT2D eigenvalue weighted by Crippen LogP contribution is -2.19. The summed E-state index contributed by atoms with van der Waals surface area (Å²) in [5.74, 6) is 1.57. The molecule has 1 aromatic heterocycles. The lowest BCUT2D eigenvalue weighted by Gasteiger charge is -2.18. The van der Waals surface area contributed by atoms with Crippen LogP contribution in [0, 0.1) is 5.92 Å². The maximum Gasteiger partial charge on any atom is 0.256 e. The number of thioether (sulfide) groups is 1. The highest BCUT2D eigenvalue weighted by Crippen LogP contribution is 2.29. The molecular weight excluding hydrogens is 384 g/mol. The Morgan fingerprint density at radius 2 is 1.96 bits per heavy atom. The molecule has 1 saturated heterocycles. The van der Waals surface area contributed by atoms with Gasteiger partial charge in [0.15, 0.2) is 0 Å². The molecule has 4 rings (SSSR count). The highest BCUT2D eigenvalue weighted by Gasteiger charge is 2.19. The van der Waals surface area contributed by atoms with Crippen molar-refractivity contribution >= 4 is 40.4 Å². The van der Waals surface area contributed by atoms with Gasteiger partial charge in [0.2, 0.25) is 0 Å². The zero-order chi connectivity index (χ0) is 19.3. The van der Waals surface area contributed by atoms with Gasteiger partial charge in [-0.2, -0.15) is 0 Å². The van der Waals surface area contributed by atoms with E-state index < -0.39 is 0 Å². The molecule has 1 amide bonds. The first-order chi connectivity index (χ1) is 13.7. The largest absolute Gasteiger partial charge is 0.371 e. The van der Waals surface area contributed by atoms with Crippen LogP contribution < -0.4 is 10.2 Å². The summed E-state index contributed by atoms with van der Waals surface area (Å²) >= 11 is 3.45. The van der Waals surface area contributed by atoms with Crippen molar-refractivity contribution in [3.63, 3.8) is 0 Å². The van der Waals surface area contributed by atoms with Crippen molar-refractivity contribution in [3.05, 3.63) is 76.5 Å².